The number of halogens is 3. The molecule has 0 amide bonds. The molecule has 0 atom stereocenters. The molecule has 0 spiro atoms. The molecule has 30 heavy (non-hydrogen) atoms. The van der Waals surface area contributed by atoms with Crippen LogP contribution in [-0.2, 0) is 6.42 Å². The van der Waals surface area contributed by atoms with Crippen LogP contribution in [-0.4, -0.2) is 0 Å². The topological polar surface area (TPSA) is 0 Å². The van der Waals surface area contributed by atoms with E-state index >= 15 is 4.39 Å². The first-order valence-electron chi connectivity index (χ1n) is 9.84. The van der Waals surface area contributed by atoms with Crippen LogP contribution in [0.1, 0.15) is 30.0 Å². The van der Waals surface area contributed by atoms with Gasteiger partial charge < -0.3 is 0 Å². The fraction of sp³-hybridized carbons (Fsp3) is 0.111. The molecule has 0 unspecified atom stereocenters. The van der Waals surface area contributed by atoms with E-state index in [1.54, 1.807) is 24.3 Å². The maximum Gasteiger partial charge on any atom is 0.159 e. The number of aryl methyl sites for hydroxylation is 1. The molecule has 4 rings (SSSR count). The minimum Gasteiger partial charge on any atom is -0.206 e. The highest BCUT2D eigenvalue weighted by molar-refractivity contribution is 5.89. The lowest BCUT2D eigenvalue weighted by molar-refractivity contribution is 0.509. The molecule has 4 aromatic rings. The van der Waals surface area contributed by atoms with Gasteiger partial charge in [-0.25, -0.2) is 13.2 Å². The van der Waals surface area contributed by atoms with Gasteiger partial charge in [-0.05, 0) is 59.3 Å². The van der Waals surface area contributed by atoms with Crippen molar-refractivity contribution in [2.75, 3.05) is 0 Å². The van der Waals surface area contributed by atoms with Crippen molar-refractivity contribution in [1.82, 2.24) is 0 Å². The quantitative estimate of drug-likeness (QED) is 0.317. The maximum absolute atomic E-state index is 15.0. The van der Waals surface area contributed by atoms with Crippen LogP contribution >= 0.6 is 0 Å². The molecule has 0 nitrogen and oxygen atoms in total. The van der Waals surface area contributed by atoms with E-state index in [1.807, 2.05) is 18.2 Å². The Bertz CT molecular complexity index is 1280. The van der Waals surface area contributed by atoms with Crippen molar-refractivity contribution in [2.24, 2.45) is 0 Å². The van der Waals surface area contributed by atoms with E-state index in [-0.39, 0.29) is 5.56 Å². The van der Waals surface area contributed by atoms with Crippen molar-refractivity contribution in [1.29, 1.82) is 0 Å². The first kappa shape index (κ1) is 19.8. The number of fused-ring (bicyclic) bond motifs is 1. The highest BCUT2D eigenvalue weighted by Crippen LogP contribution is 2.30. The lowest BCUT2D eigenvalue weighted by Crippen LogP contribution is -1.90. The van der Waals surface area contributed by atoms with Crippen molar-refractivity contribution in [3.05, 3.63) is 107 Å². The van der Waals surface area contributed by atoms with E-state index in [0.29, 0.717) is 16.3 Å². The summed E-state index contributed by atoms with van der Waals surface area (Å²) in [5.74, 6) is 3.83. The van der Waals surface area contributed by atoms with Crippen LogP contribution in [0, 0.1) is 29.3 Å². The minimum absolute atomic E-state index is 0.229. The van der Waals surface area contributed by atoms with Gasteiger partial charge in [-0.1, -0.05) is 61.6 Å². The maximum atomic E-state index is 15.0. The van der Waals surface area contributed by atoms with Crippen LogP contribution < -0.4 is 0 Å². The van der Waals surface area contributed by atoms with Crippen LogP contribution in [0.15, 0.2) is 72.8 Å². The van der Waals surface area contributed by atoms with E-state index in [9.17, 15) is 8.78 Å². The first-order valence-corrected chi connectivity index (χ1v) is 9.84. The molecule has 0 saturated heterocycles. The third-order valence-electron chi connectivity index (χ3n) is 5.03. The number of rotatable bonds is 3. The van der Waals surface area contributed by atoms with Gasteiger partial charge in [0.1, 0.15) is 5.82 Å². The summed E-state index contributed by atoms with van der Waals surface area (Å²) in [6, 6.07) is 20.2. The standard InChI is InChI=1S/C27H19F3/c1-2-3-18-4-6-19(7-5-18)8-9-20-10-13-23-21(16-20)11-14-24(27(23)30)22-12-15-25(28)26(29)17-22/h4-7,10-17H,2-3H2,1H3. The Labute approximate surface area is 174 Å². The van der Waals surface area contributed by atoms with Crippen LogP contribution in [0.25, 0.3) is 21.9 Å². The van der Waals surface area contributed by atoms with Crippen molar-refractivity contribution in [3.63, 3.8) is 0 Å². The van der Waals surface area contributed by atoms with Crippen molar-refractivity contribution >= 4 is 10.8 Å². The summed E-state index contributed by atoms with van der Waals surface area (Å²) in [6.45, 7) is 2.15. The zero-order chi connectivity index (χ0) is 21.1. The van der Waals surface area contributed by atoms with Crippen LogP contribution in [0.4, 0.5) is 13.2 Å². The fourth-order valence-corrected chi connectivity index (χ4v) is 3.44. The predicted molar refractivity (Wildman–Crippen MR) is 116 cm³/mol. The second-order valence-electron chi connectivity index (χ2n) is 7.19. The molecule has 0 saturated carbocycles. The van der Waals surface area contributed by atoms with Gasteiger partial charge in [-0.3, -0.25) is 0 Å². The Kier molecular flexibility index (Phi) is 5.59. The van der Waals surface area contributed by atoms with Gasteiger partial charge in [0.2, 0.25) is 0 Å². The zero-order valence-electron chi connectivity index (χ0n) is 16.5. The molecule has 0 aliphatic rings. The summed E-state index contributed by atoms with van der Waals surface area (Å²) in [7, 11) is 0. The summed E-state index contributed by atoms with van der Waals surface area (Å²) in [4.78, 5) is 0. The van der Waals surface area contributed by atoms with Gasteiger partial charge in [0.15, 0.2) is 11.6 Å². The highest BCUT2D eigenvalue weighted by Gasteiger charge is 2.12. The van der Waals surface area contributed by atoms with Crippen LogP contribution in [0.5, 0.6) is 0 Å². The van der Waals surface area contributed by atoms with E-state index < -0.39 is 17.5 Å². The number of hydrogen-bond acceptors (Lipinski definition) is 0. The van der Waals surface area contributed by atoms with E-state index in [4.69, 9.17) is 0 Å². The molecule has 0 radical (unpaired) electrons. The monoisotopic (exact) mass is 400 g/mol. The van der Waals surface area contributed by atoms with E-state index in [2.05, 4.69) is 30.9 Å². The van der Waals surface area contributed by atoms with Gasteiger partial charge in [0.05, 0.1) is 0 Å². The molecular formula is C27H19F3. The number of benzene rings is 4. The molecule has 148 valence electrons. The van der Waals surface area contributed by atoms with Crippen molar-refractivity contribution in [3.8, 4) is 23.0 Å². The molecule has 0 heterocycles. The molecule has 0 aliphatic heterocycles. The van der Waals surface area contributed by atoms with E-state index in [0.717, 1.165) is 36.1 Å². The fourth-order valence-electron chi connectivity index (χ4n) is 3.44. The van der Waals surface area contributed by atoms with E-state index in [1.165, 1.54) is 11.6 Å². The SMILES string of the molecule is CCCc1ccc(C#Cc2ccc3c(F)c(-c4ccc(F)c(F)c4)ccc3c2)cc1. The van der Waals surface area contributed by atoms with Crippen molar-refractivity contribution < 1.29 is 13.2 Å². The van der Waals surface area contributed by atoms with Crippen LogP contribution in [0.3, 0.4) is 0 Å². The van der Waals surface area contributed by atoms with Gasteiger partial charge in [0, 0.05) is 22.1 Å². The van der Waals surface area contributed by atoms with Crippen LogP contribution in [0.2, 0.25) is 0 Å². The lowest BCUT2D eigenvalue weighted by Gasteiger charge is -2.08. The van der Waals surface area contributed by atoms with Gasteiger partial charge in [-0.15, -0.1) is 0 Å². The predicted octanol–water partition coefficient (Wildman–Crippen LogP) is 7.28. The molecule has 0 aromatic heterocycles. The summed E-state index contributed by atoms with van der Waals surface area (Å²) >= 11 is 0. The lowest BCUT2D eigenvalue weighted by atomic mass is 9.99. The molecule has 0 bridgehead atoms. The Morgan fingerprint density at radius 2 is 1.43 bits per heavy atom. The minimum atomic E-state index is -1.000. The zero-order valence-corrected chi connectivity index (χ0v) is 16.5. The van der Waals surface area contributed by atoms with Gasteiger partial charge in [0.25, 0.3) is 0 Å². The molecule has 0 N–H and O–H groups in total. The van der Waals surface area contributed by atoms with Gasteiger partial charge >= 0.3 is 0 Å². The average Bonchev–Trinajstić information content (AvgIpc) is 2.76. The first-order chi connectivity index (χ1) is 14.5. The summed E-state index contributed by atoms with van der Waals surface area (Å²) in [5.41, 5.74) is 3.52. The largest absolute Gasteiger partial charge is 0.206 e. The third-order valence-corrected chi connectivity index (χ3v) is 5.03. The molecule has 4 aromatic carbocycles. The normalized spacial score (nSPS) is 10.7. The van der Waals surface area contributed by atoms with Crippen molar-refractivity contribution in [2.45, 2.75) is 19.8 Å². The Morgan fingerprint density at radius 3 is 2.17 bits per heavy atom. The molecule has 0 fully saturated rings. The van der Waals surface area contributed by atoms with Gasteiger partial charge in [-0.2, -0.15) is 0 Å². The Morgan fingerprint density at radius 1 is 0.700 bits per heavy atom. The molecule has 0 aliphatic carbocycles. The second-order valence-corrected chi connectivity index (χ2v) is 7.19. The summed E-state index contributed by atoms with van der Waals surface area (Å²) < 4.78 is 41.7. The number of hydrogen-bond donors (Lipinski definition) is 0. The average molecular weight is 400 g/mol. The Balaban J connectivity index is 1.65. The molecular weight excluding hydrogens is 381 g/mol. The highest BCUT2D eigenvalue weighted by atomic mass is 19.2. The molecule has 3 heteroatoms. The summed E-state index contributed by atoms with van der Waals surface area (Å²) in [6.07, 6.45) is 2.16. The second kappa shape index (κ2) is 8.47. The summed E-state index contributed by atoms with van der Waals surface area (Å²) in [5, 5.41) is 1.11. The third kappa shape index (κ3) is 4.09. The smallest absolute Gasteiger partial charge is 0.159 e. The Hall–Kier alpha value is -3.51.